The van der Waals surface area contributed by atoms with Gasteiger partial charge in [0.15, 0.2) is 12.4 Å². The van der Waals surface area contributed by atoms with Gasteiger partial charge in [0.2, 0.25) is 0 Å². The Kier molecular flexibility index (Phi) is 33.7. The van der Waals surface area contributed by atoms with Crippen LogP contribution in [0, 0.1) is 11.8 Å². The number of nitrogens with two attached hydrogens (primary N) is 1. The van der Waals surface area contributed by atoms with Crippen molar-refractivity contribution in [2.45, 2.75) is 243 Å². The largest absolute Gasteiger partial charge is 0.481 e. The number of fused-ring (bicyclic) bond motifs is 3. The van der Waals surface area contributed by atoms with Gasteiger partial charge in [0.25, 0.3) is 0 Å². The number of phosphoric acid groups is 2. The third-order valence-corrected chi connectivity index (χ3v) is 16.1. The minimum atomic E-state index is -5.73. The van der Waals surface area contributed by atoms with Gasteiger partial charge in [-0.05, 0) is 44.1 Å². The van der Waals surface area contributed by atoms with Gasteiger partial charge in [-0.3, -0.25) is 23.2 Å². The topological polar surface area (TPSA) is 335 Å². The van der Waals surface area contributed by atoms with Crippen LogP contribution in [0.1, 0.15) is 194 Å². The summed E-state index contributed by atoms with van der Waals surface area (Å²) in [6.45, 7) is 3.79. The molecule has 24 heteroatoms. The number of aromatic nitrogens is 2. The van der Waals surface area contributed by atoms with Crippen molar-refractivity contribution in [3.63, 3.8) is 0 Å². The van der Waals surface area contributed by atoms with E-state index in [-0.39, 0.29) is 37.9 Å². The number of nitrogen functional groups attached to an aromatic ring is 1. The second kappa shape index (κ2) is 37.9. The molecule has 3 heterocycles. The van der Waals surface area contributed by atoms with E-state index in [1.54, 1.807) is 12.2 Å². The van der Waals surface area contributed by atoms with Crippen molar-refractivity contribution in [1.29, 1.82) is 0 Å². The summed E-state index contributed by atoms with van der Waals surface area (Å²) in [7, 11) is -11.3. The van der Waals surface area contributed by atoms with Gasteiger partial charge >= 0.3 is 33.3 Å². The van der Waals surface area contributed by atoms with Crippen LogP contribution in [0.2, 0.25) is 0 Å². The number of nitrogens with zero attached hydrogens (tertiary/aromatic N) is 2. The number of hydrogen-bond donors (Lipinski definition) is 8. The van der Waals surface area contributed by atoms with Gasteiger partial charge in [-0.1, -0.05) is 161 Å². The van der Waals surface area contributed by atoms with Crippen molar-refractivity contribution in [3.05, 3.63) is 47.1 Å². The van der Waals surface area contributed by atoms with E-state index >= 15 is 0 Å². The number of allylic oxidation sites excluding steroid dienone is 2. The third-order valence-electron chi connectivity index (χ3n) is 13.5. The van der Waals surface area contributed by atoms with E-state index in [9.17, 15) is 58.8 Å². The highest BCUT2D eigenvalue weighted by Gasteiger charge is 2.44. The molecule has 0 spiro atoms. The SMILES string of the molecule is CCCCC[C@H](O)/C=C/[C@H]1OC(O)C[C@H](O)[C@@H]2CC=CCCCC(=O)O[C@H](COC(=O)CCCCCCCCCCCCCCCCCC(C)C)COP(=O)(O)OP(=O)(O)OC[C@@H](O[C@H]2n2ccc(N)nc2=O)[C@@H](O)[C@H]1O. The molecule has 1 fully saturated rings. The fraction of sp³-hybridized carbons (Fsp3) is 0.811. The van der Waals surface area contributed by atoms with Gasteiger partial charge < -0.3 is 60.0 Å². The summed E-state index contributed by atoms with van der Waals surface area (Å²) in [5, 5.41) is 56.9. The molecule has 1 aromatic rings. The maximum Gasteiger partial charge on any atom is 0.481 e. The molecule has 444 valence electrons. The molecule has 2 aliphatic rings. The summed E-state index contributed by atoms with van der Waals surface area (Å²) in [4.78, 5) is 64.3. The normalized spacial score (nSPS) is 29.2. The van der Waals surface area contributed by atoms with Gasteiger partial charge in [0, 0.05) is 31.4 Å². The number of aliphatic hydroxyl groups excluding tert-OH is 5. The number of anilines is 1. The van der Waals surface area contributed by atoms with Crippen LogP contribution in [0.5, 0.6) is 0 Å². The van der Waals surface area contributed by atoms with E-state index in [0.717, 1.165) is 55.2 Å². The third kappa shape index (κ3) is 29.4. The molecule has 1 saturated heterocycles. The average molecular weight is 1140 g/mol. The number of cyclic esters (lactones) is 1. The zero-order valence-corrected chi connectivity index (χ0v) is 47.5. The maximum atomic E-state index is 13.4. The van der Waals surface area contributed by atoms with Crippen LogP contribution in [0.15, 0.2) is 41.4 Å². The summed E-state index contributed by atoms with van der Waals surface area (Å²) in [6, 6.07) is 1.23. The Bertz CT molecular complexity index is 2030. The molecule has 0 aliphatic carbocycles. The van der Waals surface area contributed by atoms with E-state index < -0.39 is 121 Å². The molecule has 2 aliphatic heterocycles. The average Bonchev–Trinajstić information content (AvgIpc) is 3.37. The highest BCUT2D eigenvalue weighted by atomic mass is 31.3. The lowest BCUT2D eigenvalue weighted by Crippen LogP contribution is -2.49. The lowest BCUT2D eigenvalue weighted by molar-refractivity contribution is -0.192. The molecule has 0 aromatic carbocycles. The second-order valence-corrected chi connectivity index (χ2v) is 23.8. The lowest BCUT2D eigenvalue weighted by atomic mass is 9.92. The number of phosphoric ester groups is 2. The number of rotatable bonds is 27. The van der Waals surface area contributed by atoms with Gasteiger partial charge in [-0.15, -0.1) is 0 Å². The Hall–Kier alpha value is -2.92. The predicted octanol–water partition coefficient (Wildman–Crippen LogP) is 8.14. The van der Waals surface area contributed by atoms with Crippen molar-refractivity contribution in [2.75, 3.05) is 25.6 Å². The summed E-state index contributed by atoms with van der Waals surface area (Å²) in [6.07, 6.45) is 12.5. The monoisotopic (exact) mass is 1140 g/mol. The minimum absolute atomic E-state index is 0.0775. The van der Waals surface area contributed by atoms with Crippen molar-refractivity contribution in [3.8, 4) is 0 Å². The standard InChI is InChI=1S/C53H93N3O19P2/c1-4-5-21-27-40(57)31-32-44-50(62)51(63)45-38-71-77(67,68)75-76(65,66)70-37-41(36-69-47(59)29-24-18-16-14-12-10-8-6-7-9-11-13-15-17-22-26-39(2)3)72-48(60)30-25-20-19-23-28-42(43(58)35-49(61)73-44)52(74-45)56-34-33-46(54)55-53(56)64/h19,23,31-34,39-45,49-52,57-58,61-63H,4-18,20-22,24-30,35-38H2,1-3H3,(H,65,66)(H,67,68)(H2,54,55,64)/b23-19?,32-31+/t40-,41+,42-,43-,44+,45+,49?,50-,51+,52+/m0/s1. The summed E-state index contributed by atoms with van der Waals surface area (Å²) >= 11 is 0. The Morgan fingerprint density at radius 3 is 2.04 bits per heavy atom. The van der Waals surface area contributed by atoms with Crippen LogP contribution in [-0.4, -0.2) is 126 Å². The van der Waals surface area contributed by atoms with E-state index in [1.165, 1.54) is 88.8 Å². The molecule has 12 atom stereocenters. The molecule has 0 radical (unpaired) electrons. The van der Waals surface area contributed by atoms with E-state index in [2.05, 4.69) is 23.1 Å². The first-order valence-corrected chi connectivity index (χ1v) is 31.1. The minimum Gasteiger partial charge on any atom is -0.462 e. The Balaban J connectivity index is 1.71. The van der Waals surface area contributed by atoms with Crippen LogP contribution >= 0.6 is 15.6 Å². The first kappa shape index (κ1) is 68.4. The van der Waals surface area contributed by atoms with Crippen LogP contribution in [0.3, 0.4) is 0 Å². The molecular formula is C53H93N3O19P2. The summed E-state index contributed by atoms with van der Waals surface area (Å²) in [5.74, 6) is -2.04. The molecule has 3 unspecified atom stereocenters. The van der Waals surface area contributed by atoms with Crippen LogP contribution in [-0.2, 0) is 51.0 Å². The molecule has 22 nitrogen and oxygen atoms in total. The van der Waals surface area contributed by atoms with E-state index in [4.69, 9.17) is 33.7 Å². The van der Waals surface area contributed by atoms with Crippen molar-refractivity contribution in [1.82, 2.24) is 9.55 Å². The van der Waals surface area contributed by atoms with Crippen LogP contribution in [0.25, 0.3) is 0 Å². The Morgan fingerprint density at radius 2 is 1.43 bits per heavy atom. The lowest BCUT2D eigenvalue weighted by Gasteiger charge is -2.36. The smallest absolute Gasteiger partial charge is 0.462 e. The maximum absolute atomic E-state index is 13.4. The zero-order chi connectivity index (χ0) is 56.6. The number of aliphatic hydroxyl groups is 5. The fourth-order valence-electron chi connectivity index (χ4n) is 9.06. The summed E-state index contributed by atoms with van der Waals surface area (Å²) in [5.41, 5.74) is 4.76. The van der Waals surface area contributed by atoms with Crippen molar-refractivity contribution in [2.24, 2.45) is 11.8 Å². The second-order valence-electron chi connectivity index (χ2n) is 20.8. The number of ether oxygens (including phenoxy) is 4. The number of hydrogen-bond acceptors (Lipinski definition) is 19. The van der Waals surface area contributed by atoms with E-state index in [0.29, 0.717) is 19.3 Å². The molecule has 2 bridgehead atoms. The molecule has 0 saturated carbocycles. The van der Waals surface area contributed by atoms with Crippen molar-refractivity contribution >= 4 is 33.4 Å². The van der Waals surface area contributed by atoms with Crippen molar-refractivity contribution < 1.29 is 86.3 Å². The van der Waals surface area contributed by atoms with Crippen LogP contribution in [0.4, 0.5) is 5.82 Å². The zero-order valence-electron chi connectivity index (χ0n) is 45.7. The molecular weight excluding hydrogens is 1040 g/mol. The fourth-order valence-corrected chi connectivity index (χ4v) is 11.2. The predicted molar refractivity (Wildman–Crippen MR) is 288 cm³/mol. The molecule has 77 heavy (non-hydrogen) atoms. The van der Waals surface area contributed by atoms with Crippen LogP contribution < -0.4 is 11.4 Å². The highest BCUT2D eigenvalue weighted by Crippen LogP contribution is 2.60. The Morgan fingerprint density at radius 1 is 0.831 bits per heavy atom. The molecule has 0 amide bonds. The van der Waals surface area contributed by atoms with Gasteiger partial charge in [-0.2, -0.15) is 9.29 Å². The molecule has 1 aromatic heterocycles. The van der Waals surface area contributed by atoms with Gasteiger partial charge in [0.1, 0.15) is 43.1 Å². The van der Waals surface area contributed by atoms with Gasteiger partial charge in [-0.25, -0.2) is 13.9 Å². The number of unbranched alkanes of at least 4 members (excludes halogenated alkanes) is 16. The van der Waals surface area contributed by atoms with Gasteiger partial charge in [0.05, 0.1) is 25.4 Å². The number of carbonyl (C=O) groups excluding carboxylic acids is 2. The Labute approximate surface area is 455 Å². The molecule has 3 rings (SSSR count). The van der Waals surface area contributed by atoms with E-state index in [1.807, 2.05) is 6.92 Å². The first-order chi connectivity index (χ1) is 36.7. The quantitative estimate of drug-likeness (QED) is 0.0178. The number of carbonyl (C=O) groups is 2. The highest BCUT2D eigenvalue weighted by molar-refractivity contribution is 7.61. The first-order valence-electron chi connectivity index (χ1n) is 28.1. The summed E-state index contributed by atoms with van der Waals surface area (Å²) < 4.78 is 64.8. The molecule has 9 N–H and O–H groups in total. The number of esters is 2.